The fraction of sp³-hybridized carbons (Fsp3) is 0.636. The zero-order valence-corrected chi connectivity index (χ0v) is 12.2. The molecule has 1 atom stereocenters. The number of rotatable bonds is 8. The highest BCUT2D eigenvalue weighted by molar-refractivity contribution is 7.98. The van der Waals surface area contributed by atoms with E-state index in [-0.39, 0.29) is 19.1 Å². The number of carboxylic acid groups (broad SMARTS) is 2. The first-order valence-electron chi connectivity index (χ1n) is 5.49. The topological polar surface area (TPSA) is 86.6 Å². The molecule has 0 aromatic heterocycles. The van der Waals surface area contributed by atoms with Gasteiger partial charge in [0.25, 0.3) is 0 Å². The maximum Gasteiger partial charge on any atom is 0.365 e. The molecule has 3 N–H and O–H groups in total. The molecule has 0 aliphatic carbocycles. The van der Waals surface area contributed by atoms with Crippen LogP contribution in [0.5, 0.6) is 0 Å². The smallest absolute Gasteiger partial charge is 0.365 e. The minimum atomic E-state index is -4.53. The summed E-state index contributed by atoms with van der Waals surface area (Å²) in [7, 11) is 0. The van der Waals surface area contributed by atoms with Crippen LogP contribution >= 0.6 is 11.8 Å². The molecule has 5 nitrogen and oxygen atoms in total. The highest BCUT2D eigenvalue weighted by Gasteiger charge is 2.53. The fourth-order valence-electron chi connectivity index (χ4n) is 0.839. The first-order chi connectivity index (χ1) is 9.39. The molecule has 0 aromatic rings. The number of hydrogen-bond donors (Lipinski definition) is 3. The standard InChI is InChI=1S/C8H13F4NO2S.C3H4O2/c1-7(9,10)8(11,12)13-5(6(14)15)3-4-16-2;1-2-3(4)5/h5,13H,3-4H2,1-2H3,(H,14,15);2H,1H2,(H,4,5)/t5-;/m0./s1. The number of carboxylic acids is 2. The van der Waals surface area contributed by atoms with Gasteiger partial charge in [-0.1, -0.05) is 6.58 Å². The summed E-state index contributed by atoms with van der Waals surface area (Å²) in [6.45, 7) is 3.00. The highest BCUT2D eigenvalue weighted by atomic mass is 32.2. The van der Waals surface area contributed by atoms with Gasteiger partial charge in [-0.3, -0.25) is 4.79 Å². The normalized spacial score (nSPS) is 12.9. The Kier molecular flexibility index (Phi) is 10.1. The third-order valence-electron chi connectivity index (χ3n) is 1.99. The quantitative estimate of drug-likeness (QED) is 0.358. The molecule has 0 aromatic carbocycles. The van der Waals surface area contributed by atoms with Crippen LogP contribution in [0, 0.1) is 0 Å². The highest BCUT2D eigenvalue weighted by Crippen LogP contribution is 2.31. The van der Waals surface area contributed by atoms with Crippen molar-refractivity contribution in [3.05, 3.63) is 12.7 Å². The predicted molar refractivity (Wildman–Crippen MR) is 71.0 cm³/mol. The molecule has 0 rings (SSSR count). The molecule has 0 unspecified atom stereocenters. The van der Waals surface area contributed by atoms with E-state index in [0.29, 0.717) is 0 Å². The van der Waals surface area contributed by atoms with Crippen LogP contribution in [0.25, 0.3) is 0 Å². The molecule has 0 fully saturated rings. The van der Waals surface area contributed by atoms with Crippen molar-refractivity contribution >= 4 is 23.7 Å². The van der Waals surface area contributed by atoms with Gasteiger partial charge in [0.15, 0.2) is 0 Å². The Labute approximate surface area is 123 Å². The lowest BCUT2D eigenvalue weighted by Crippen LogP contribution is -2.56. The van der Waals surface area contributed by atoms with Crippen LogP contribution in [-0.4, -0.2) is 52.2 Å². The van der Waals surface area contributed by atoms with Crippen LogP contribution < -0.4 is 5.32 Å². The average Bonchev–Trinajstić information content (AvgIpc) is 2.33. The molecule has 0 heterocycles. The number of aliphatic carboxylic acids is 2. The summed E-state index contributed by atoms with van der Waals surface area (Å²) in [5, 5.41) is 17.4. The minimum Gasteiger partial charge on any atom is -0.480 e. The molecule has 124 valence electrons. The number of carbonyl (C=O) groups is 2. The zero-order chi connectivity index (χ0) is 17.3. The summed E-state index contributed by atoms with van der Waals surface area (Å²) in [6, 6.07) is -6.22. The SMILES string of the molecule is C=CC(=O)O.CSCC[C@H](NC(F)(F)C(C)(F)F)C(=O)O. The molecule has 21 heavy (non-hydrogen) atoms. The lowest BCUT2D eigenvalue weighted by atomic mass is 10.2. The van der Waals surface area contributed by atoms with E-state index in [0.717, 1.165) is 6.08 Å². The molecule has 0 bridgehead atoms. The Morgan fingerprint density at radius 3 is 2.00 bits per heavy atom. The van der Waals surface area contributed by atoms with E-state index in [1.807, 2.05) is 0 Å². The van der Waals surface area contributed by atoms with E-state index in [2.05, 4.69) is 6.58 Å². The lowest BCUT2D eigenvalue weighted by Gasteiger charge is -2.27. The van der Waals surface area contributed by atoms with Crippen molar-refractivity contribution in [2.45, 2.75) is 31.4 Å². The lowest BCUT2D eigenvalue weighted by molar-refractivity contribution is -0.221. The third kappa shape index (κ3) is 10.1. The summed E-state index contributed by atoms with van der Waals surface area (Å²) in [6.07, 6.45) is 2.34. The van der Waals surface area contributed by atoms with Crippen LogP contribution in [0.2, 0.25) is 0 Å². The van der Waals surface area contributed by atoms with Gasteiger partial charge in [-0.2, -0.15) is 29.3 Å². The van der Waals surface area contributed by atoms with Crippen LogP contribution in [0.4, 0.5) is 17.6 Å². The zero-order valence-electron chi connectivity index (χ0n) is 11.4. The van der Waals surface area contributed by atoms with Gasteiger partial charge in [0.1, 0.15) is 6.04 Å². The molecule has 0 aliphatic rings. The Balaban J connectivity index is 0. The number of thioether (sulfide) groups is 1. The molecular weight excluding hydrogens is 318 g/mol. The second kappa shape index (κ2) is 9.61. The summed E-state index contributed by atoms with van der Waals surface area (Å²) >= 11 is 1.25. The van der Waals surface area contributed by atoms with Crippen molar-refractivity contribution in [2.24, 2.45) is 0 Å². The Bertz CT molecular complexity index is 361. The molecule has 0 saturated carbocycles. The first kappa shape index (κ1) is 22.0. The minimum absolute atomic E-state index is 0.0352. The van der Waals surface area contributed by atoms with Crippen molar-refractivity contribution < 1.29 is 37.4 Å². The van der Waals surface area contributed by atoms with Gasteiger partial charge in [-0.15, -0.1) is 0 Å². The second-order valence-corrected chi connectivity index (χ2v) is 4.81. The van der Waals surface area contributed by atoms with Crippen molar-refractivity contribution in [3.8, 4) is 0 Å². The summed E-state index contributed by atoms with van der Waals surface area (Å²) in [5.41, 5.74) is 0. The largest absolute Gasteiger partial charge is 0.480 e. The second-order valence-electron chi connectivity index (χ2n) is 3.82. The van der Waals surface area contributed by atoms with Gasteiger partial charge in [0.2, 0.25) is 0 Å². The maximum atomic E-state index is 12.8. The maximum absolute atomic E-state index is 12.8. The van der Waals surface area contributed by atoms with Gasteiger partial charge in [-0.05, 0) is 18.4 Å². The molecule has 0 radical (unpaired) electrons. The van der Waals surface area contributed by atoms with E-state index in [9.17, 15) is 27.2 Å². The molecule has 0 amide bonds. The van der Waals surface area contributed by atoms with E-state index >= 15 is 0 Å². The summed E-state index contributed by atoms with van der Waals surface area (Å²) in [4.78, 5) is 19.8. The van der Waals surface area contributed by atoms with Gasteiger partial charge in [0, 0.05) is 13.0 Å². The van der Waals surface area contributed by atoms with Crippen LogP contribution in [-0.2, 0) is 9.59 Å². The fourth-order valence-corrected chi connectivity index (χ4v) is 1.31. The molecule has 0 spiro atoms. The van der Waals surface area contributed by atoms with Crippen molar-refractivity contribution in [1.29, 1.82) is 0 Å². The van der Waals surface area contributed by atoms with Gasteiger partial charge < -0.3 is 10.2 Å². The van der Waals surface area contributed by atoms with E-state index in [1.165, 1.54) is 17.1 Å². The third-order valence-corrected chi connectivity index (χ3v) is 2.63. The number of nitrogens with one attached hydrogen (secondary N) is 1. The molecule has 0 saturated heterocycles. The van der Waals surface area contributed by atoms with E-state index in [4.69, 9.17) is 10.2 Å². The van der Waals surface area contributed by atoms with E-state index < -0.39 is 29.9 Å². The summed E-state index contributed by atoms with van der Waals surface area (Å²) in [5.74, 6) is -6.57. The van der Waals surface area contributed by atoms with Crippen molar-refractivity contribution in [2.75, 3.05) is 12.0 Å². The Morgan fingerprint density at radius 2 is 1.76 bits per heavy atom. The van der Waals surface area contributed by atoms with E-state index in [1.54, 1.807) is 6.26 Å². The summed E-state index contributed by atoms with van der Waals surface area (Å²) < 4.78 is 50.5. The van der Waals surface area contributed by atoms with Gasteiger partial charge in [0.05, 0.1) is 0 Å². The van der Waals surface area contributed by atoms with Crippen LogP contribution in [0.3, 0.4) is 0 Å². The monoisotopic (exact) mass is 335 g/mol. The predicted octanol–water partition coefficient (Wildman–Crippen LogP) is 2.29. The first-order valence-corrected chi connectivity index (χ1v) is 6.88. The Hall–Kier alpha value is -1.29. The number of hydrogen-bond acceptors (Lipinski definition) is 4. The van der Waals surface area contributed by atoms with Gasteiger partial charge in [-0.25, -0.2) is 10.1 Å². The van der Waals surface area contributed by atoms with Gasteiger partial charge >= 0.3 is 23.9 Å². The average molecular weight is 335 g/mol. The van der Waals surface area contributed by atoms with Crippen molar-refractivity contribution in [1.82, 2.24) is 5.32 Å². The molecular formula is C11H17F4NO4S. The van der Waals surface area contributed by atoms with Crippen LogP contribution in [0.1, 0.15) is 13.3 Å². The number of alkyl halides is 4. The van der Waals surface area contributed by atoms with Crippen LogP contribution in [0.15, 0.2) is 12.7 Å². The Morgan fingerprint density at radius 1 is 1.33 bits per heavy atom. The number of halogens is 4. The van der Waals surface area contributed by atoms with Crippen molar-refractivity contribution in [3.63, 3.8) is 0 Å². The molecule has 10 heteroatoms. The molecule has 0 aliphatic heterocycles.